The van der Waals surface area contributed by atoms with E-state index in [2.05, 4.69) is 21.7 Å². The number of aromatic nitrogens is 1. The molecule has 7 heteroatoms. The number of nitrogens with zero attached hydrogens (tertiary/aromatic N) is 2. The summed E-state index contributed by atoms with van der Waals surface area (Å²) in [6.07, 6.45) is 1.78. The molecule has 0 radical (unpaired) electrons. The Hall–Kier alpha value is -4.96. The molecular formula is C28H22N4O3. The fourth-order valence-electron chi connectivity index (χ4n) is 3.39. The molecule has 4 rings (SSSR count). The van der Waals surface area contributed by atoms with E-state index in [1.54, 1.807) is 60.7 Å². The summed E-state index contributed by atoms with van der Waals surface area (Å²) in [7, 11) is 0. The minimum Gasteiger partial charge on any atom is -0.438 e. The van der Waals surface area contributed by atoms with Crippen molar-refractivity contribution in [3.8, 4) is 17.7 Å². The van der Waals surface area contributed by atoms with Crippen LogP contribution in [0.4, 0.5) is 5.69 Å². The number of para-hydroxylation sites is 1. The zero-order valence-electron chi connectivity index (χ0n) is 18.7. The van der Waals surface area contributed by atoms with Crippen LogP contribution in [0.2, 0.25) is 0 Å². The number of nitrogens with one attached hydrogen (secondary N) is 2. The lowest BCUT2D eigenvalue weighted by Gasteiger charge is -2.19. The van der Waals surface area contributed by atoms with E-state index in [1.165, 1.54) is 6.20 Å². The van der Waals surface area contributed by atoms with E-state index >= 15 is 0 Å². The lowest BCUT2D eigenvalue weighted by atomic mass is 10.0. The second kappa shape index (κ2) is 11.3. The van der Waals surface area contributed by atoms with Crippen LogP contribution >= 0.6 is 0 Å². The van der Waals surface area contributed by atoms with Gasteiger partial charge in [-0.05, 0) is 35.9 Å². The summed E-state index contributed by atoms with van der Waals surface area (Å²) in [6.45, 7) is 0. The summed E-state index contributed by atoms with van der Waals surface area (Å²) in [5.74, 6) is -0.0297. The number of benzene rings is 3. The molecule has 0 unspecified atom stereocenters. The van der Waals surface area contributed by atoms with E-state index in [4.69, 9.17) is 4.74 Å². The van der Waals surface area contributed by atoms with E-state index in [-0.39, 0.29) is 17.7 Å². The first-order valence-corrected chi connectivity index (χ1v) is 11.0. The Morgan fingerprint density at radius 2 is 1.57 bits per heavy atom. The van der Waals surface area contributed by atoms with Crippen LogP contribution in [-0.2, 0) is 11.2 Å². The molecule has 0 saturated heterocycles. The highest BCUT2D eigenvalue weighted by Gasteiger charge is 2.22. The maximum atomic E-state index is 13.1. The van der Waals surface area contributed by atoms with Gasteiger partial charge in [0.15, 0.2) is 0 Å². The smallest absolute Gasteiger partial charge is 0.251 e. The first-order valence-electron chi connectivity index (χ1n) is 11.0. The molecule has 0 bridgehead atoms. The Kier molecular flexibility index (Phi) is 7.46. The van der Waals surface area contributed by atoms with Gasteiger partial charge < -0.3 is 15.4 Å². The molecule has 1 heterocycles. The number of hydrogen-bond acceptors (Lipinski definition) is 5. The first kappa shape index (κ1) is 23.2. The van der Waals surface area contributed by atoms with Crippen LogP contribution in [0, 0.1) is 11.3 Å². The Balaban J connectivity index is 1.46. The van der Waals surface area contributed by atoms with Crippen molar-refractivity contribution < 1.29 is 14.3 Å². The molecule has 0 saturated carbocycles. The number of hydrogen-bond donors (Lipinski definition) is 2. The minimum absolute atomic E-state index is 0.281. The zero-order valence-corrected chi connectivity index (χ0v) is 18.7. The molecule has 2 N–H and O–H groups in total. The van der Waals surface area contributed by atoms with Crippen LogP contribution < -0.4 is 15.4 Å². The Bertz CT molecular complexity index is 1330. The third kappa shape index (κ3) is 6.30. The second-order valence-electron chi connectivity index (χ2n) is 7.67. The maximum absolute atomic E-state index is 13.1. The lowest BCUT2D eigenvalue weighted by molar-refractivity contribution is -0.118. The number of nitriles is 1. The van der Waals surface area contributed by atoms with Crippen LogP contribution in [0.1, 0.15) is 21.5 Å². The molecule has 1 aromatic heterocycles. The largest absolute Gasteiger partial charge is 0.438 e. The molecule has 7 nitrogen and oxygen atoms in total. The van der Waals surface area contributed by atoms with Gasteiger partial charge in [0, 0.05) is 18.1 Å². The standard InChI is InChI=1S/C28H22N4O3/c29-18-22-13-7-8-14-25(22)35-26-16-15-23(19-30-26)31-28(34)24(17-20-9-3-1-4-10-20)32-27(33)21-11-5-2-6-12-21/h1-16,19,24H,17H2,(H,31,34)(H,32,33)/t24-/m0/s1. The predicted octanol–water partition coefficient (Wildman–Crippen LogP) is 4.73. The molecule has 0 spiro atoms. The van der Waals surface area contributed by atoms with Gasteiger partial charge in [-0.1, -0.05) is 60.7 Å². The monoisotopic (exact) mass is 462 g/mol. The van der Waals surface area contributed by atoms with Crippen LogP contribution in [0.3, 0.4) is 0 Å². The van der Waals surface area contributed by atoms with E-state index in [9.17, 15) is 14.9 Å². The highest BCUT2D eigenvalue weighted by molar-refractivity contribution is 6.01. The third-order valence-electron chi connectivity index (χ3n) is 5.17. The number of rotatable bonds is 8. The van der Waals surface area contributed by atoms with Crippen molar-refractivity contribution in [3.05, 3.63) is 120 Å². The average molecular weight is 463 g/mol. The van der Waals surface area contributed by atoms with Gasteiger partial charge in [-0.15, -0.1) is 0 Å². The molecule has 4 aromatic rings. The fourth-order valence-corrected chi connectivity index (χ4v) is 3.39. The minimum atomic E-state index is -0.802. The van der Waals surface area contributed by atoms with Crippen LogP contribution in [0.15, 0.2) is 103 Å². The topological polar surface area (TPSA) is 104 Å². The van der Waals surface area contributed by atoms with Crippen molar-refractivity contribution >= 4 is 17.5 Å². The van der Waals surface area contributed by atoms with Gasteiger partial charge in [-0.25, -0.2) is 4.98 Å². The van der Waals surface area contributed by atoms with Gasteiger partial charge in [-0.2, -0.15) is 5.26 Å². The zero-order chi connectivity index (χ0) is 24.5. The highest BCUT2D eigenvalue weighted by atomic mass is 16.5. The lowest BCUT2D eigenvalue weighted by Crippen LogP contribution is -2.45. The van der Waals surface area contributed by atoms with Crippen LogP contribution in [0.25, 0.3) is 0 Å². The molecule has 0 aliphatic heterocycles. The molecule has 35 heavy (non-hydrogen) atoms. The van der Waals surface area contributed by atoms with E-state index < -0.39 is 6.04 Å². The van der Waals surface area contributed by atoms with Crippen molar-refractivity contribution in [2.24, 2.45) is 0 Å². The van der Waals surface area contributed by atoms with Gasteiger partial charge in [-0.3, -0.25) is 9.59 Å². The van der Waals surface area contributed by atoms with E-state index in [0.717, 1.165) is 5.56 Å². The first-order chi connectivity index (χ1) is 17.1. The summed E-state index contributed by atoms with van der Waals surface area (Å²) in [5, 5.41) is 14.8. The SMILES string of the molecule is N#Cc1ccccc1Oc1ccc(NC(=O)[C@H](Cc2ccccc2)NC(=O)c2ccccc2)cn1. The van der Waals surface area contributed by atoms with Gasteiger partial charge in [0.05, 0.1) is 17.4 Å². The number of carbonyl (C=O) groups is 2. The summed E-state index contributed by atoms with van der Waals surface area (Å²) in [6, 6.07) is 29.6. The summed E-state index contributed by atoms with van der Waals surface area (Å²) in [4.78, 5) is 30.1. The Morgan fingerprint density at radius 1 is 0.886 bits per heavy atom. The molecule has 2 amide bonds. The summed E-state index contributed by atoms with van der Waals surface area (Å²) < 4.78 is 5.69. The molecule has 0 fully saturated rings. The van der Waals surface area contributed by atoms with Gasteiger partial charge in [0.25, 0.3) is 5.91 Å². The molecule has 0 aliphatic carbocycles. The third-order valence-corrected chi connectivity index (χ3v) is 5.17. The number of amides is 2. The molecule has 1 atom stereocenters. The number of pyridine rings is 1. The Morgan fingerprint density at radius 3 is 2.26 bits per heavy atom. The highest BCUT2D eigenvalue weighted by Crippen LogP contribution is 2.24. The van der Waals surface area contributed by atoms with Crippen LogP contribution in [-0.4, -0.2) is 22.8 Å². The number of ether oxygens (including phenoxy) is 1. The average Bonchev–Trinajstić information content (AvgIpc) is 2.90. The normalized spacial score (nSPS) is 11.1. The Labute approximate surface area is 203 Å². The maximum Gasteiger partial charge on any atom is 0.251 e. The van der Waals surface area contributed by atoms with E-state index in [0.29, 0.717) is 29.0 Å². The fraction of sp³-hybridized carbons (Fsp3) is 0.0714. The van der Waals surface area contributed by atoms with E-state index in [1.807, 2.05) is 36.4 Å². The predicted molar refractivity (Wildman–Crippen MR) is 132 cm³/mol. The van der Waals surface area contributed by atoms with Crippen molar-refractivity contribution in [1.29, 1.82) is 5.26 Å². The number of anilines is 1. The summed E-state index contributed by atoms with van der Waals surface area (Å²) >= 11 is 0. The molecule has 3 aromatic carbocycles. The molecular weight excluding hydrogens is 440 g/mol. The van der Waals surface area contributed by atoms with Crippen molar-refractivity contribution in [1.82, 2.24) is 10.3 Å². The second-order valence-corrected chi connectivity index (χ2v) is 7.67. The van der Waals surface area contributed by atoms with Gasteiger partial charge >= 0.3 is 0 Å². The van der Waals surface area contributed by atoms with Crippen LogP contribution in [0.5, 0.6) is 11.6 Å². The van der Waals surface area contributed by atoms with Crippen molar-refractivity contribution in [2.45, 2.75) is 12.5 Å². The summed E-state index contributed by atoms with van der Waals surface area (Å²) in [5.41, 5.74) is 2.23. The van der Waals surface area contributed by atoms with Crippen molar-refractivity contribution in [2.75, 3.05) is 5.32 Å². The molecule has 0 aliphatic rings. The molecule has 172 valence electrons. The van der Waals surface area contributed by atoms with Crippen molar-refractivity contribution in [3.63, 3.8) is 0 Å². The van der Waals surface area contributed by atoms with Gasteiger partial charge in [0.2, 0.25) is 11.8 Å². The number of carbonyl (C=O) groups excluding carboxylic acids is 2. The van der Waals surface area contributed by atoms with Gasteiger partial charge in [0.1, 0.15) is 17.9 Å². The quantitative estimate of drug-likeness (QED) is 0.394.